The number of rotatable bonds is 7. The van der Waals surface area contributed by atoms with E-state index in [0.717, 1.165) is 43.0 Å². The number of carbonyl (C=O) groups excluding carboxylic acids is 2. The van der Waals surface area contributed by atoms with Crippen molar-refractivity contribution in [1.82, 2.24) is 29.0 Å². The Bertz CT molecular complexity index is 2070. The number of amides is 2. The molecule has 0 spiro atoms. The fraction of sp³-hybridized carbons (Fsp3) is 0.394. The lowest BCUT2D eigenvalue weighted by atomic mass is 9.98. The number of hydrogen-bond acceptors (Lipinski definition) is 8. The summed E-state index contributed by atoms with van der Waals surface area (Å²) in [7, 11) is 0. The number of carbonyl (C=O) groups is 2. The molecule has 0 radical (unpaired) electrons. The molecule has 4 aromatic rings. The van der Waals surface area contributed by atoms with Gasteiger partial charge in [-0.1, -0.05) is 24.6 Å². The third kappa shape index (κ3) is 6.00. The van der Waals surface area contributed by atoms with Crippen molar-refractivity contribution in [1.29, 1.82) is 0 Å². The smallest absolute Gasteiger partial charge is 0.416 e. The van der Waals surface area contributed by atoms with Crippen molar-refractivity contribution in [3.05, 3.63) is 80.8 Å². The molecule has 256 valence electrons. The Morgan fingerprint density at radius 3 is 2.53 bits per heavy atom. The lowest BCUT2D eigenvalue weighted by Gasteiger charge is -2.36. The maximum atomic E-state index is 14.2. The normalized spacial score (nSPS) is 19.1. The summed E-state index contributed by atoms with van der Waals surface area (Å²) in [6, 6.07) is 5.60. The van der Waals surface area contributed by atoms with E-state index in [4.69, 9.17) is 16.6 Å². The Morgan fingerprint density at radius 1 is 1.12 bits per heavy atom. The molecule has 1 aromatic carbocycles. The van der Waals surface area contributed by atoms with Crippen LogP contribution >= 0.6 is 11.6 Å². The molecule has 3 aliphatic rings. The van der Waals surface area contributed by atoms with Gasteiger partial charge in [-0.3, -0.25) is 14.4 Å². The SMILES string of the molecule is CCc1c(N2CCN(C(=O)c3ncccc3O)CC2)c(=O)n2nc(C3=CC4CCC3C4)nc2n1CC(=O)Nc1ccc(C(F)(F)F)cc1Cl. The number of halogens is 4. The Hall–Kier alpha value is -4.92. The molecule has 1 saturated carbocycles. The van der Waals surface area contributed by atoms with E-state index in [9.17, 15) is 32.7 Å². The molecule has 2 N–H and O–H groups in total. The second-order valence-electron chi connectivity index (χ2n) is 12.5. The summed E-state index contributed by atoms with van der Waals surface area (Å²) < 4.78 is 42.4. The molecule has 12 nitrogen and oxygen atoms in total. The highest BCUT2D eigenvalue weighted by atomic mass is 35.5. The van der Waals surface area contributed by atoms with E-state index in [1.54, 1.807) is 9.47 Å². The van der Waals surface area contributed by atoms with Gasteiger partial charge in [0, 0.05) is 32.4 Å². The monoisotopic (exact) mass is 696 g/mol. The number of pyridine rings is 1. The van der Waals surface area contributed by atoms with E-state index in [0.29, 0.717) is 35.5 Å². The number of allylic oxidation sites excluding steroid dienone is 2. The fourth-order valence-electron chi connectivity index (χ4n) is 7.12. The number of nitrogens with zero attached hydrogens (tertiary/aromatic N) is 7. The van der Waals surface area contributed by atoms with E-state index in [1.165, 1.54) is 22.8 Å². The minimum absolute atomic E-state index is 0.00373. The molecule has 1 saturated heterocycles. The van der Waals surface area contributed by atoms with Crippen LogP contribution in [0.5, 0.6) is 5.75 Å². The number of hydrogen-bond donors (Lipinski definition) is 2. The zero-order valence-electron chi connectivity index (χ0n) is 26.4. The van der Waals surface area contributed by atoms with E-state index >= 15 is 0 Å². The highest BCUT2D eigenvalue weighted by molar-refractivity contribution is 6.33. The Morgan fingerprint density at radius 2 is 1.90 bits per heavy atom. The maximum Gasteiger partial charge on any atom is 0.416 e. The van der Waals surface area contributed by atoms with Crippen LogP contribution in [0.3, 0.4) is 0 Å². The second-order valence-corrected chi connectivity index (χ2v) is 12.9. The third-order valence-electron chi connectivity index (χ3n) is 9.49. The van der Waals surface area contributed by atoms with Crippen molar-refractivity contribution >= 4 is 46.1 Å². The summed E-state index contributed by atoms with van der Waals surface area (Å²) in [6.07, 6.45) is 2.43. The van der Waals surface area contributed by atoms with Gasteiger partial charge in [0.05, 0.1) is 22.0 Å². The molecule has 2 amide bonds. The zero-order valence-corrected chi connectivity index (χ0v) is 27.1. The first-order valence-corrected chi connectivity index (χ1v) is 16.4. The van der Waals surface area contributed by atoms with Crippen LogP contribution in [0.15, 0.2) is 47.4 Å². The van der Waals surface area contributed by atoms with Crippen LogP contribution in [-0.4, -0.2) is 72.1 Å². The van der Waals surface area contributed by atoms with E-state index in [-0.39, 0.29) is 60.7 Å². The Labute approximate surface area is 282 Å². The summed E-state index contributed by atoms with van der Waals surface area (Å²) in [5.74, 6) is 0.0809. The molecular formula is C33H32ClF3N8O4. The first kappa shape index (κ1) is 32.6. The molecule has 2 atom stereocenters. The van der Waals surface area contributed by atoms with Crippen LogP contribution in [0.2, 0.25) is 5.02 Å². The highest BCUT2D eigenvalue weighted by Gasteiger charge is 2.36. The van der Waals surface area contributed by atoms with Crippen LogP contribution < -0.4 is 15.8 Å². The van der Waals surface area contributed by atoms with Gasteiger partial charge >= 0.3 is 6.18 Å². The van der Waals surface area contributed by atoms with Gasteiger partial charge in [0.15, 0.2) is 11.5 Å². The number of nitrogens with one attached hydrogen (secondary N) is 1. The average molecular weight is 697 g/mol. The van der Waals surface area contributed by atoms with Crippen LogP contribution in [0.1, 0.15) is 53.8 Å². The topological polar surface area (TPSA) is 138 Å². The van der Waals surface area contributed by atoms with E-state index in [1.807, 2.05) is 11.8 Å². The van der Waals surface area contributed by atoms with Gasteiger partial charge in [-0.25, -0.2) is 4.98 Å². The summed E-state index contributed by atoms with van der Waals surface area (Å²) in [5.41, 5.74) is 0.383. The van der Waals surface area contributed by atoms with Crippen molar-refractivity contribution in [3.8, 4) is 5.75 Å². The van der Waals surface area contributed by atoms with Gasteiger partial charge in [0.25, 0.3) is 11.5 Å². The van der Waals surface area contributed by atoms with Gasteiger partial charge in [0.2, 0.25) is 11.7 Å². The molecule has 2 fully saturated rings. The van der Waals surface area contributed by atoms with E-state index in [2.05, 4.69) is 21.5 Å². The Kier molecular flexibility index (Phi) is 8.33. The number of aromatic nitrogens is 5. The van der Waals surface area contributed by atoms with Crippen LogP contribution in [0, 0.1) is 11.8 Å². The van der Waals surface area contributed by atoms with Gasteiger partial charge in [-0.15, -0.1) is 5.10 Å². The molecule has 2 bridgehead atoms. The number of benzene rings is 1. The van der Waals surface area contributed by atoms with Crippen molar-refractivity contribution in [2.24, 2.45) is 11.8 Å². The predicted octanol–water partition coefficient (Wildman–Crippen LogP) is 4.64. The second kappa shape index (κ2) is 12.5. The van der Waals surface area contributed by atoms with Crippen molar-refractivity contribution in [2.45, 2.75) is 45.3 Å². The summed E-state index contributed by atoms with van der Waals surface area (Å²) in [5, 5.41) is 17.1. The van der Waals surface area contributed by atoms with Gasteiger partial charge < -0.3 is 24.8 Å². The molecule has 16 heteroatoms. The molecule has 2 unspecified atom stereocenters. The van der Waals surface area contributed by atoms with E-state index < -0.39 is 29.1 Å². The first-order chi connectivity index (χ1) is 23.4. The van der Waals surface area contributed by atoms with Gasteiger partial charge in [0.1, 0.15) is 18.0 Å². The number of fused-ring (bicyclic) bond motifs is 3. The number of anilines is 2. The Balaban J connectivity index is 1.23. The zero-order chi connectivity index (χ0) is 34.6. The van der Waals surface area contributed by atoms with Gasteiger partial charge in [-0.2, -0.15) is 22.7 Å². The molecule has 7 rings (SSSR count). The standard InChI is InChI=1S/C33H32ClF3N8O4/c1-2-24-28(42-10-12-43(13-11-42)30(48)27-25(46)4-3-9-38-27)31(49)45-32(40-29(41-45)21-15-18-5-6-19(21)14-18)44(24)17-26(47)39-23-8-7-20(16-22(23)34)33(35,36)37/h3-4,7-9,15-16,18-19,46H,2,5-6,10-14,17H2,1H3,(H,39,47). The lowest BCUT2D eigenvalue weighted by Crippen LogP contribution is -2.51. The van der Waals surface area contributed by atoms with Crippen LogP contribution in [0.4, 0.5) is 24.5 Å². The molecule has 49 heavy (non-hydrogen) atoms. The molecular weight excluding hydrogens is 665 g/mol. The fourth-order valence-corrected chi connectivity index (χ4v) is 7.35. The highest BCUT2D eigenvalue weighted by Crippen LogP contribution is 2.47. The summed E-state index contributed by atoms with van der Waals surface area (Å²) in [4.78, 5) is 53.0. The number of piperazine rings is 1. The minimum atomic E-state index is -4.60. The van der Waals surface area contributed by atoms with Crippen LogP contribution in [0.25, 0.3) is 11.4 Å². The maximum absolute atomic E-state index is 14.2. The largest absolute Gasteiger partial charge is 0.505 e. The molecule has 2 aliphatic carbocycles. The average Bonchev–Trinajstić information content (AvgIpc) is 3.83. The molecule has 1 aliphatic heterocycles. The number of alkyl halides is 3. The lowest BCUT2D eigenvalue weighted by molar-refractivity contribution is -0.137. The minimum Gasteiger partial charge on any atom is -0.505 e. The van der Waals surface area contributed by atoms with Crippen LogP contribution in [-0.2, 0) is 23.9 Å². The summed E-state index contributed by atoms with van der Waals surface area (Å²) in [6.45, 7) is 2.53. The first-order valence-electron chi connectivity index (χ1n) is 16.0. The van der Waals surface area contributed by atoms with Crippen molar-refractivity contribution < 1.29 is 27.9 Å². The van der Waals surface area contributed by atoms with Gasteiger partial charge in [-0.05, 0) is 73.4 Å². The number of aromatic hydroxyl groups is 1. The summed E-state index contributed by atoms with van der Waals surface area (Å²) >= 11 is 6.12. The van der Waals surface area contributed by atoms with Crippen molar-refractivity contribution in [3.63, 3.8) is 0 Å². The molecule has 4 heterocycles. The molecule has 3 aromatic heterocycles. The quantitative estimate of drug-likeness (QED) is 0.285. The van der Waals surface area contributed by atoms with Crippen molar-refractivity contribution in [2.75, 3.05) is 36.4 Å². The predicted molar refractivity (Wildman–Crippen MR) is 175 cm³/mol. The third-order valence-corrected chi connectivity index (χ3v) is 9.80.